The van der Waals surface area contributed by atoms with Gasteiger partial charge in [0.2, 0.25) is 0 Å². The van der Waals surface area contributed by atoms with E-state index in [1.165, 1.54) is 21.3 Å². The second-order valence-electron chi connectivity index (χ2n) is 3.35. The molecule has 6 heteroatoms. The molecule has 0 aromatic rings. The molecule has 6 nitrogen and oxygen atoms in total. The predicted molar refractivity (Wildman–Crippen MR) is 50.4 cm³/mol. The average Bonchev–Trinajstić information content (AvgIpc) is 2.56. The van der Waals surface area contributed by atoms with Crippen LogP contribution in [0.3, 0.4) is 0 Å². The number of hydrogen-bond acceptors (Lipinski definition) is 6. The largest absolute Gasteiger partial charge is 0.394 e. The summed E-state index contributed by atoms with van der Waals surface area (Å²) in [5.74, 6) is 0. The molecule has 1 unspecified atom stereocenters. The quantitative estimate of drug-likeness (QED) is 0.604. The van der Waals surface area contributed by atoms with E-state index >= 15 is 0 Å². The van der Waals surface area contributed by atoms with Crippen molar-refractivity contribution in [2.75, 3.05) is 27.9 Å². The number of hydrogen-bond donors (Lipinski definition) is 2. The Labute approximate surface area is 88.7 Å². The van der Waals surface area contributed by atoms with E-state index in [1.807, 2.05) is 0 Å². The summed E-state index contributed by atoms with van der Waals surface area (Å²) < 4.78 is 20.5. The zero-order valence-corrected chi connectivity index (χ0v) is 9.12. The van der Waals surface area contributed by atoms with Crippen LogP contribution in [-0.2, 0) is 18.9 Å². The van der Waals surface area contributed by atoms with Crippen molar-refractivity contribution >= 4 is 0 Å². The second-order valence-corrected chi connectivity index (χ2v) is 3.35. The third-order valence-corrected chi connectivity index (χ3v) is 2.62. The van der Waals surface area contributed by atoms with E-state index in [-0.39, 0.29) is 6.61 Å². The van der Waals surface area contributed by atoms with Crippen molar-refractivity contribution in [3.8, 4) is 0 Å². The van der Waals surface area contributed by atoms with Crippen LogP contribution < -0.4 is 0 Å². The van der Waals surface area contributed by atoms with Crippen molar-refractivity contribution in [3.63, 3.8) is 0 Å². The fourth-order valence-electron chi connectivity index (χ4n) is 1.80. The van der Waals surface area contributed by atoms with Crippen molar-refractivity contribution in [2.45, 2.75) is 30.7 Å². The van der Waals surface area contributed by atoms with Gasteiger partial charge in [0.25, 0.3) is 0 Å². The smallest absolute Gasteiger partial charge is 0.184 e. The monoisotopic (exact) mass is 222 g/mol. The minimum atomic E-state index is -1.06. The lowest BCUT2D eigenvalue weighted by Crippen LogP contribution is -2.43. The molecule has 0 saturated carbocycles. The molecule has 5 atom stereocenters. The number of aliphatic hydroxyl groups is 2. The predicted octanol–water partition coefficient (Wildman–Crippen LogP) is -1.26. The topological polar surface area (TPSA) is 77.4 Å². The minimum Gasteiger partial charge on any atom is -0.394 e. The second kappa shape index (κ2) is 5.74. The van der Waals surface area contributed by atoms with Gasteiger partial charge < -0.3 is 29.2 Å². The first-order chi connectivity index (χ1) is 7.19. The number of ether oxygens (including phenoxy) is 4. The van der Waals surface area contributed by atoms with E-state index in [9.17, 15) is 5.11 Å². The van der Waals surface area contributed by atoms with Crippen molar-refractivity contribution < 1.29 is 29.2 Å². The molecule has 0 radical (unpaired) electrons. The first-order valence-corrected chi connectivity index (χ1v) is 4.72. The van der Waals surface area contributed by atoms with Gasteiger partial charge in [-0.05, 0) is 0 Å². The molecule has 0 aromatic heterocycles. The van der Waals surface area contributed by atoms with E-state index in [4.69, 9.17) is 24.1 Å². The highest BCUT2D eigenvalue weighted by atomic mass is 16.7. The average molecular weight is 222 g/mol. The van der Waals surface area contributed by atoms with Gasteiger partial charge in [0, 0.05) is 21.3 Å². The summed E-state index contributed by atoms with van der Waals surface area (Å²) in [6.07, 6.45) is -3.16. The summed E-state index contributed by atoms with van der Waals surface area (Å²) in [5, 5.41) is 18.6. The molecule has 1 heterocycles. The Bertz CT molecular complexity index is 183. The van der Waals surface area contributed by atoms with E-state index in [1.54, 1.807) is 0 Å². The molecular weight excluding hydrogens is 204 g/mol. The fourth-order valence-corrected chi connectivity index (χ4v) is 1.80. The maximum absolute atomic E-state index is 9.54. The Morgan fingerprint density at radius 2 is 1.80 bits per heavy atom. The van der Waals surface area contributed by atoms with Gasteiger partial charge in [-0.2, -0.15) is 0 Å². The van der Waals surface area contributed by atoms with Crippen molar-refractivity contribution in [2.24, 2.45) is 0 Å². The molecule has 1 saturated heterocycles. The highest BCUT2D eigenvalue weighted by Gasteiger charge is 2.48. The lowest BCUT2D eigenvalue weighted by atomic mass is 10.1. The lowest BCUT2D eigenvalue weighted by Gasteiger charge is -2.25. The van der Waals surface area contributed by atoms with Crippen molar-refractivity contribution in [3.05, 3.63) is 0 Å². The number of aliphatic hydroxyl groups excluding tert-OH is 2. The van der Waals surface area contributed by atoms with Crippen LogP contribution >= 0.6 is 0 Å². The van der Waals surface area contributed by atoms with E-state index in [0.29, 0.717) is 0 Å². The summed E-state index contributed by atoms with van der Waals surface area (Å²) in [5.41, 5.74) is 0. The van der Waals surface area contributed by atoms with Gasteiger partial charge in [0.05, 0.1) is 6.61 Å². The third kappa shape index (κ3) is 2.47. The Morgan fingerprint density at radius 3 is 2.20 bits per heavy atom. The van der Waals surface area contributed by atoms with Gasteiger partial charge in [-0.25, -0.2) is 0 Å². The zero-order valence-electron chi connectivity index (χ0n) is 9.12. The molecule has 1 aliphatic heterocycles. The Hall–Kier alpha value is -0.240. The molecule has 1 rings (SSSR count). The normalized spacial score (nSPS) is 38.2. The molecule has 0 bridgehead atoms. The first kappa shape index (κ1) is 12.8. The summed E-state index contributed by atoms with van der Waals surface area (Å²) in [6, 6.07) is 0. The summed E-state index contributed by atoms with van der Waals surface area (Å²) in [7, 11) is 4.42. The zero-order chi connectivity index (χ0) is 11.4. The van der Waals surface area contributed by atoms with E-state index in [2.05, 4.69) is 0 Å². The van der Waals surface area contributed by atoms with Crippen LogP contribution in [0.2, 0.25) is 0 Å². The van der Waals surface area contributed by atoms with Gasteiger partial charge in [0.15, 0.2) is 6.29 Å². The molecule has 0 spiro atoms. The summed E-state index contributed by atoms with van der Waals surface area (Å²) in [4.78, 5) is 0. The highest BCUT2D eigenvalue weighted by Crippen LogP contribution is 2.27. The molecular formula is C9H18O6. The molecule has 2 N–H and O–H groups in total. The Balaban J connectivity index is 2.72. The van der Waals surface area contributed by atoms with E-state index < -0.39 is 30.7 Å². The van der Waals surface area contributed by atoms with Crippen LogP contribution in [0.4, 0.5) is 0 Å². The first-order valence-electron chi connectivity index (χ1n) is 4.72. The van der Waals surface area contributed by atoms with Crippen molar-refractivity contribution in [1.82, 2.24) is 0 Å². The number of rotatable bonds is 5. The molecule has 0 aliphatic carbocycles. The maximum atomic E-state index is 9.54. The summed E-state index contributed by atoms with van der Waals surface area (Å²) in [6.45, 7) is -0.204. The van der Waals surface area contributed by atoms with Gasteiger partial charge in [-0.3, -0.25) is 0 Å². The number of methoxy groups -OCH3 is 3. The van der Waals surface area contributed by atoms with Crippen molar-refractivity contribution in [1.29, 1.82) is 0 Å². The van der Waals surface area contributed by atoms with Crippen LogP contribution in [-0.4, -0.2) is 68.9 Å². The summed E-state index contributed by atoms with van der Waals surface area (Å²) >= 11 is 0. The molecule has 0 amide bonds. The fraction of sp³-hybridized carbons (Fsp3) is 1.00. The standard InChI is InChI=1S/C9H18O6/c1-12-5(4-10)6-7(13-2)8(14-3)9(11)15-6/h5-11H,4H2,1-3H3/t5-,6+,7+,8-,9?/m1/s1. The molecule has 1 aliphatic rings. The molecule has 1 fully saturated rings. The van der Waals surface area contributed by atoms with Gasteiger partial charge >= 0.3 is 0 Å². The minimum absolute atomic E-state index is 0.204. The highest BCUT2D eigenvalue weighted by molar-refractivity contribution is 4.92. The molecule has 15 heavy (non-hydrogen) atoms. The van der Waals surface area contributed by atoms with Crippen LogP contribution in [0, 0.1) is 0 Å². The maximum Gasteiger partial charge on any atom is 0.184 e. The SMILES string of the molecule is CO[C@H]1[C@H]([C@@H](CO)OC)OC(O)[C@@H]1OC. The molecule has 0 aromatic carbocycles. The van der Waals surface area contributed by atoms with Crippen LogP contribution in [0.5, 0.6) is 0 Å². The van der Waals surface area contributed by atoms with Gasteiger partial charge in [-0.15, -0.1) is 0 Å². The van der Waals surface area contributed by atoms with E-state index in [0.717, 1.165) is 0 Å². The third-order valence-electron chi connectivity index (χ3n) is 2.62. The van der Waals surface area contributed by atoms with Crippen LogP contribution in [0.1, 0.15) is 0 Å². The van der Waals surface area contributed by atoms with Crippen LogP contribution in [0.25, 0.3) is 0 Å². The van der Waals surface area contributed by atoms with Crippen LogP contribution in [0.15, 0.2) is 0 Å². The van der Waals surface area contributed by atoms with Gasteiger partial charge in [-0.1, -0.05) is 0 Å². The Morgan fingerprint density at radius 1 is 1.20 bits per heavy atom. The lowest BCUT2D eigenvalue weighted by molar-refractivity contribution is -0.159. The molecule has 90 valence electrons. The van der Waals surface area contributed by atoms with Gasteiger partial charge in [0.1, 0.15) is 24.4 Å². The Kier molecular flexibility index (Phi) is 4.91.